The van der Waals surface area contributed by atoms with Gasteiger partial charge in [0, 0.05) is 11.6 Å². The van der Waals surface area contributed by atoms with E-state index in [1.165, 1.54) is 12.5 Å². The summed E-state index contributed by atoms with van der Waals surface area (Å²) in [5.41, 5.74) is 6.76. The largest absolute Gasteiger partial charge is 0.466 e. The highest BCUT2D eigenvalue weighted by Gasteiger charge is 2.23. The number of nitrogen functional groups attached to an aromatic ring is 1. The van der Waals surface area contributed by atoms with Gasteiger partial charge < -0.3 is 15.5 Å². The van der Waals surface area contributed by atoms with E-state index in [1.54, 1.807) is 0 Å². The van der Waals surface area contributed by atoms with Crippen molar-refractivity contribution in [2.24, 2.45) is 5.92 Å². The molecule has 0 aromatic carbocycles. The van der Waals surface area contributed by atoms with E-state index in [0.717, 1.165) is 35.3 Å². The molecule has 0 aliphatic heterocycles. The quantitative estimate of drug-likeness (QED) is 0.873. The number of nitrogens with zero attached hydrogens (tertiary/aromatic N) is 2. The van der Waals surface area contributed by atoms with E-state index in [1.807, 2.05) is 19.9 Å². The minimum absolute atomic E-state index is 0.0621. The number of rotatable bonds is 4. The Bertz CT molecular complexity index is 868. The summed E-state index contributed by atoms with van der Waals surface area (Å²) >= 11 is 0. The Balaban J connectivity index is 1.82. The zero-order chi connectivity index (χ0) is 18.8. The number of aryl methyl sites for hydroxylation is 2. The van der Waals surface area contributed by atoms with Gasteiger partial charge in [-0.3, -0.25) is 9.59 Å². The molecule has 0 bridgehead atoms. The fraction of sp³-hybridized carbons (Fsp3) is 0.526. The summed E-state index contributed by atoms with van der Waals surface area (Å²) in [6.45, 7) is 5.68. The number of nitrogens with one attached hydrogen (secondary N) is 1. The van der Waals surface area contributed by atoms with Gasteiger partial charge in [-0.05, 0) is 44.7 Å². The normalized spacial score (nSPS) is 20.1. The van der Waals surface area contributed by atoms with E-state index in [2.05, 4.69) is 17.3 Å². The topological polar surface area (TPSA) is 103 Å². The van der Waals surface area contributed by atoms with Crippen LogP contribution in [0.4, 0.5) is 5.69 Å². The lowest BCUT2D eigenvalue weighted by molar-refractivity contribution is -0.123. The molecule has 140 valence electrons. The standard InChI is InChI=1S/C19H26N4O3/c1-11-6-4-5-7-16(11)21-18(24)10-23-19(25)15(20)9-17(22-23)14-8-12(2)26-13(14)3/h8-9,11,16H,4-7,10,20H2,1-3H3,(H,21,24). The highest BCUT2D eigenvalue weighted by molar-refractivity contribution is 5.76. The molecule has 3 rings (SSSR count). The van der Waals surface area contributed by atoms with Crippen molar-refractivity contribution in [1.82, 2.24) is 15.1 Å². The van der Waals surface area contributed by atoms with Crippen molar-refractivity contribution in [3.05, 3.63) is 34.0 Å². The van der Waals surface area contributed by atoms with Crippen LogP contribution in [0.3, 0.4) is 0 Å². The Hall–Kier alpha value is -2.57. The van der Waals surface area contributed by atoms with E-state index in [9.17, 15) is 9.59 Å². The fourth-order valence-electron chi connectivity index (χ4n) is 3.61. The van der Waals surface area contributed by atoms with Crippen LogP contribution in [0.1, 0.15) is 44.1 Å². The third-order valence-electron chi connectivity index (χ3n) is 5.07. The van der Waals surface area contributed by atoms with Crippen LogP contribution in [-0.2, 0) is 11.3 Å². The molecule has 1 aliphatic rings. The van der Waals surface area contributed by atoms with Gasteiger partial charge in [-0.2, -0.15) is 5.10 Å². The van der Waals surface area contributed by atoms with Gasteiger partial charge in [0.15, 0.2) is 0 Å². The fourth-order valence-corrected chi connectivity index (χ4v) is 3.61. The van der Waals surface area contributed by atoms with Crippen molar-refractivity contribution in [3.8, 4) is 11.3 Å². The molecule has 2 unspecified atom stereocenters. The number of carbonyl (C=O) groups is 1. The van der Waals surface area contributed by atoms with Crippen molar-refractivity contribution >= 4 is 11.6 Å². The first-order valence-corrected chi connectivity index (χ1v) is 9.09. The molecule has 0 saturated heterocycles. The molecule has 26 heavy (non-hydrogen) atoms. The Labute approximate surface area is 152 Å². The van der Waals surface area contributed by atoms with Gasteiger partial charge >= 0.3 is 0 Å². The predicted molar refractivity (Wildman–Crippen MR) is 99.6 cm³/mol. The number of nitrogens with two attached hydrogens (primary N) is 1. The lowest BCUT2D eigenvalue weighted by Crippen LogP contribution is -2.44. The van der Waals surface area contributed by atoms with Gasteiger partial charge in [-0.15, -0.1) is 0 Å². The summed E-state index contributed by atoms with van der Waals surface area (Å²) in [5.74, 6) is 1.68. The molecular weight excluding hydrogens is 332 g/mol. The minimum Gasteiger partial charge on any atom is -0.466 e. The third-order valence-corrected chi connectivity index (χ3v) is 5.07. The summed E-state index contributed by atoms with van der Waals surface area (Å²) in [6.07, 6.45) is 4.42. The van der Waals surface area contributed by atoms with E-state index in [4.69, 9.17) is 10.2 Å². The maximum atomic E-state index is 12.4. The molecule has 1 fully saturated rings. The second-order valence-electron chi connectivity index (χ2n) is 7.21. The second-order valence-corrected chi connectivity index (χ2v) is 7.21. The van der Waals surface area contributed by atoms with Crippen LogP contribution < -0.4 is 16.6 Å². The molecule has 7 heteroatoms. The molecule has 1 amide bonds. The first kappa shape index (κ1) is 18.2. The van der Waals surface area contributed by atoms with E-state index >= 15 is 0 Å². The van der Waals surface area contributed by atoms with Gasteiger partial charge in [-0.1, -0.05) is 19.8 Å². The average molecular weight is 358 g/mol. The molecule has 2 atom stereocenters. The van der Waals surface area contributed by atoms with E-state index in [-0.39, 0.29) is 24.2 Å². The van der Waals surface area contributed by atoms with Crippen LogP contribution in [0, 0.1) is 19.8 Å². The minimum atomic E-state index is -0.460. The Morgan fingerprint density at radius 1 is 1.35 bits per heavy atom. The van der Waals surface area contributed by atoms with Crippen LogP contribution in [0.25, 0.3) is 11.3 Å². The van der Waals surface area contributed by atoms with Gasteiger partial charge in [0.05, 0.1) is 5.69 Å². The van der Waals surface area contributed by atoms with Crippen LogP contribution in [-0.4, -0.2) is 21.7 Å². The Morgan fingerprint density at radius 2 is 2.08 bits per heavy atom. The number of hydrogen-bond donors (Lipinski definition) is 2. The number of amides is 1. The molecule has 7 nitrogen and oxygen atoms in total. The van der Waals surface area contributed by atoms with Crippen molar-refractivity contribution in [2.75, 3.05) is 5.73 Å². The van der Waals surface area contributed by atoms with Gasteiger partial charge in [-0.25, -0.2) is 4.68 Å². The number of carbonyl (C=O) groups excluding carboxylic acids is 1. The van der Waals surface area contributed by atoms with Gasteiger partial charge in [0.1, 0.15) is 23.8 Å². The molecule has 0 spiro atoms. The van der Waals surface area contributed by atoms with Crippen LogP contribution in [0.15, 0.2) is 21.3 Å². The lowest BCUT2D eigenvalue weighted by atomic mass is 9.86. The monoisotopic (exact) mass is 358 g/mol. The predicted octanol–water partition coefficient (Wildman–Crippen LogP) is 2.40. The molecule has 2 aromatic rings. The van der Waals surface area contributed by atoms with Crippen molar-refractivity contribution in [3.63, 3.8) is 0 Å². The van der Waals surface area contributed by atoms with Crippen LogP contribution in [0.5, 0.6) is 0 Å². The van der Waals surface area contributed by atoms with Crippen molar-refractivity contribution in [2.45, 2.75) is 59.0 Å². The van der Waals surface area contributed by atoms with Crippen molar-refractivity contribution < 1.29 is 9.21 Å². The maximum absolute atomic E-state index is 12.4. The molecule has 3 N–H and O–H groups in total. The molecular formula is C19H26N4O3. The maximum Gasteiger partial charge on any atom is 0.290 e. The number of aromatic nitrogens is 2. The summed E-state index contributed by atoms with van der Waals surface area (Å²) in [7, 11) is 0. The molecule has 0 radical (unpaired) electrons. The first-order chi connectivity index (χ1) is 12.3. The second kappa shape index (κ2) is 7.35. The molecule has 1 saturated carbocycles. The smallest absolute Gasteiger partial charge is 0.290 e. The van der Waals surface area contributed by atoms with Gasteiger partial charge in [0.25, 0.3) is 5.56 Å². The zero-order valence-electron chi connectivity index (χ0n) is 15.5. The van der Waals surface area contributed by atoms with Crippen molar-refractivity contribution in [1.29, 1.82) is 0 Å². The summed E-state index contributed by atoms with van der Waals surface area (Å²) in [4.78, 5) is 24.7. The number of furan rings is 1. The molecule has 2 heterocycles. The number of hydrogen-bond acceptors (Lipinski definition) is 5. The lowest BCUT2D eigenvalue weighted by Gasteiger charge is -2.29. The van der Waals surface area contributed by atoms with E-state index < -0.39 is 5.56 Å². The van der Waals surface area contributed by atoms with Gasteiger partial charge in [0.2, 0.25) is 5.91 Å². The summed E-state index contributed by atoms with van der Waals surface area (Å²) in [5, 5.41) is 7.37. The number of anilines is 1. The Kier molecular flexibility index (Phi) is 5.15. The average Bonchev–Trinajstić information content (AvgIpc) is 2.92. The highest BCUT2D eigenvalue weighted by atomic mass is 16.3. The van der Waals surface area contributed by atoms with Crippen LogP contribution >= 0.6 is 0 Å². The SMILES string of the molecule is Cc1cc(-c2cc(N)c(=O)n(CC(=O)NC3CCCCC3C)n2)c(C)o1. The molecule has 1 aliphatic carbocycles. The molecule has 2 aromatic heterocycles. The zero-order valence-corrected chi connectivity index (χ0v) is 15.5. The Morgan fingerprint density at radius 3 is 2.73 bits per heavy atom. The first-order valence-electron chi connectivity index (χ1n) is 9.09. The summed E-state index contributed by atoms with van der Waals surface area (Å²) < 4.78 is 6.66. The summed E-state index contributed by atoms with van der Waals surface area (Å²) in [6, 6.07) is 3.53. The van der Waals surface area contributed by atoms with Crippen LogP contribution in [0.2, 0.25) is 0 Å². The highest BCUT2D eigenvalue weighted by Crippen LogP contribution is 2.25. The third kappa shape index (κ3) is 3.81. The van der Waals surface area contributed by atoms with E-state index in [0.29, 0.717) is 17.4 Å².